The van der Waals surface area contributed by atoms with Crippen LogP contribution < -0.4 is 11.3 Å². The molecule has 4 nitrogen and oxygen atoms in total. The zero-order chi connectivity index (χ0) is 14.0. The van der Waals surface area contributed by atoms with Gasteiger partial charge in [-0.15, -0.1) is 0 Å². The number of nitrogens with two attached hydrogens (primary N) is 1. The summed E-state index contributed by atoms with van der Waals surface area (Å²) in [6, 6.07) is 6.31. The Labute approximate surface area is 115 Å². The fraction of sp³-hybridized carbons (Fsp3) is 0.571. The van der Waals surface area contributed by atoms with E-state index in [1.807, 2.05) is 0 Å². The van der Waals surface area contributed by atoms with E-state index in [-0.39, 0.29) is 12.0 Å². The highest BCUT2D eigenvalue weighted by Crippen LogP contribution is 2.30. The minimum atomic E-state index is -2.82. The van der Waals surface area contributed by atoms with Crippen LogP contribution in [-0.4, -0.2) is 19.9 Å². The Bertz CT molecular complexity index is 555. The molecule has 3 N–H and O–H groups in total. The fourth-order valence-corrected chi connectivity index (χ4v) is 4.77. The normalized spacial score (nSPS) is 23.4. The van der Waals surface area contributed by atoms with Gasteiger partial charge in [0.2, 0.25) is 0 Å². The molecule has 1 aromatic rings. The van der Waals surface area contributed by atoms with Gasteiger partial charge in [-0.3, -0.25) is 11.3 Å². The van der Waals surface area contributed by atoms with Crippen molar-refractivity contribution >= 4 is 9.84 Å². The van der Waals surface area contributed by atoms with Crippen LogP contribution in [-0.2, 0) is 9.84 Å². The number of nitrogens with one attached hydrogen (secondary N) is 1. The Morgan fingerprint density at radius 1 is 1.42 bits per heavy atom. The van der Waals surface area contributed by atoms with Crippen LogP contribution in [0.5, 0.6) is 0 Å². The van der Waals surface area contributed by atoms with Crippen molar-refractivity contribution in [1.82, 2.24) is 5.43 Å². The van der Waals surface area contributed by atoms with Crippen molar-refractivity contribution in [2.24, 2.45) is 11.8 Å². The number of hydrogen-bond donors (Lipinski definition) is 2. The lowest BCUT2D eigenvalue weighted by molar-refractivity contribution is 0.420. The lowest BCUT2D eigenvalue weighted by Gasteiger charge is -2.21. The van der Waals surface area contributed by atoms with Crippen LogP contribution in [0.1, 0.15) is 35.6 Å². The van der Waals surface area contributed by atoms with E-state index in [2.05, 4.69) is 37.5 Å². The number of benzene rings is 1. The number of sulfone groups is 1. The Morgan fingerprint density at radius 3 is 2.68 bits per heavy atom. The summed E-state index contributed by atoms with van der Waals surface area (Å²) >= 11 is 0. The first-order chi connectivity index (χ1) is 8.91. The van der Waals surface area contributed by atoms with Gasteiger partial charge in [0.25, 0.3) is 0 Å². The second-order valence-electron chi connectivity index (χ2n) is 5.58. The smallest absolute Gasteiger partial charge is 0.150 e. The molecule has 0 amide bonds. The topological polar surface area (TPSA) is 72.2 Å². The monoisotopic (exact) mass is 282 g/mol. The summed E-state index contributed by atoms with van der Waals surface area (Å²) in [5, 5.41) is 0. The zero-order valence-electron chi connectivity index (χ0n) is 11.5. The van der Waals surface area contributed by atoms with Crippen molar-refractivity contribution in [2.75, 3.05) is 11.5 Å². The molecule has 1 heterocycles. The summed E-state index contributed by atoms with van der Waals surface area (Å²) in [6.45, 7) is 4.13. The van der Waals surface area contributed by atoms with Crippen LogP contribution in [0.3, 0.4) is 0 Å². The largest absolute Gasteiger partial charge is 0.271 e. The lowest BCUT2D eigenvalue weighted by Crippen LogP contribution is -2.30. The predicted molar refractivity (Wildman–Crippen MR) is 77.4 cm³/mol. The van der Waals surface area contributed by atoms with Gasteiger partial charge in [-0.1, -0.05) is 23.8 Å². The SMILES string of the molecule is Cc1ccc(C(CC2CCS(=O)(=O)C2)NN)c(C)c1. The molecular weight excluding hydrogens is 260 g/mol. The van der Waals surface area contributed by atoms with Gasteiger partial charge in [0, 0.05) is 6.04 Å². The van der Waals surface area contributed by atoms with E-state index in [1.165, 1.54) is 11.1 Å². The number of hydrazine groups is 1. The molecule has 0 spiro atoms. The van der Waals surface area contributed by atoms with E-state index in [9.17, 15) is 8.42 Å². The molecular formula is C14H22N2O2S. The molecule has 0 saturated carbocycles. The molecule has 106 valence electrons. The second kappa shape index (κ2) is 5.61. The first-order valence-corrected chi connectivity index (χ1v) is 8.47. The Morgan fingerprint density at radius 2 is 2.16 bits per heavy atom. The summed E-state index contributed by atoms with van der Waals surface area (Å²) in [6.07, 6.45) is 1.53. The molecule has 2 unspecified atom stereocenters. The Hall–Kier alpha value is -0.910. The molecule has 0 aliphatic carbocycles. The van der Waals surface area contributed by atoms with Gasteiger partial charge >= 0.3 is 0 Å². The van der Waals surface area contributed by atoms with Crippen LogP contribution in [0, 0.1) is 19.8 Å². The molecule has 0 bridgehead atoms. The lowest BCUT2D eigenvalue weighted by atomic mass is 9.91. The summed E-state index contributed by atoms with van der Waals surface area (Å²) in [5.41, 5.74) is 6.42. The van der Waals surface area contributed by atoms with Crippen molar-refractivity contribution in [1.29, 1.82) is 0 Å². The van der Waals surface area contributed by atoms with E-state index >= 15 is 0 Å². The molecule has 1 aliphatic rings. The van der Waals surface area contributed by atoms with Gasteiger partial charge in [-0.2, -0.15) is 0 Å². The minimum absolute atomic E-state index is 0.0268. The number of hydrogen-bond acceptors (Lipinski definition) is 4. The molecule has 2 atom stereocenters. The van der Waals surface area contributed by atoms with Crippen molar-refractivity contribution in [3.63, 3.8) is 0 Å². The van der Waals surface area contributed by atoms with Gasteiger partial charge in [-0.05, 0) is 43.7 Å². The maximum absolute atomic E-state index is 11.5. The summed E-state index contributed by atoms with van der Waals surface area (Å²) in [4.78, 5) is 0. The molecule has 2 rings (SSSR count). The van der Waals surface area contributed by atoms with Crippen LogP contribution in [0.25, 0.3) is 0 Å². The highest BCUT2D eigenvalue weighted by molar-refractivity contribution is 7.91. The van der Waals surface area contributed by atoms with Gasteiger partial charge in [0.05, 0.1) is 11.5 Å². The standard InChI is InChI=1S/C14H22N2O2S/c1-10-3-4-13(11(2)7-10)14(16-15)8-12-5-6-19(17,18)9-12/h3-4,7,12,14,16H,5-6,8-9,15H2,1-2H3. The maximum atomic E-state index is 11.5. The first-order valence-electron chi connectivity index (χ1n) is 6.65. The molecule has 1 saturated heterocycles. The van der Waals surface area contributed by atoms with Gasteiger partial charge in [0.1, 0.15) is 0 Å². The number of rotatable bonds is 4. The van der Waals surface area contributed by atoms with Crippen LogP contribution in [0.4, 0.5) is 0 Å². The molecule has 1 aromatic carbocycles. The van der Waals surface area contributed by atoms with Gasteiger partial charge in [0.15, 0.2) is 9.84 Å². The summed E-state index contributed by atoms with van der Waals surface area (Å²) in [5.74, 6) is 6.50. The number of aryl methyl sites for hydroxylation is 2. The van der Waals surface area contributed by atoms with E-state index in [4.69, 9.17) is 5.84 Å². The molecule has 1 aliphatic heterocycles. The molecule has 1 fully saturated rings. The first kappa shape index (κ1) is 14.5. The minimum Gasteiger partial charge on any atom is -0.271 e. The fourth-order valence-electron chi connectivity index (χ4n) is 2.89. The third-order valence-electron chi connectivity index (χ3n) is 3.90. The Balaban J connectivity index is 2.12. The van der Waals surface area contributed by atoms with Crippen LogP contribution in [0.2, 0.25) is 0 Å². The molecule has 0 aromatic heterocycles. The quantitative estimate of drug-likeness (QED) is 0.650. The predicted octanol–water partition coefficient (Wildman–Crippen LogP) is 1.63. The van der Waals surface area contributed by atoms with Crippen molar-refractivity contribution in [3.8, 4) is 0 Å². The van der Waals surface area contributed by atoms with E-state index in [0.29, 0.717) is 11.5 Å². The highest BCUT2D eigenvalue weighted by atomic mass is 32.2. The maximum Gasteiger partial charge on any atom is 0.150 e. The van der Waals surface area contributed by atoms with Crippen molar-refractivity contribution in [2.45, 2.75) is 32.7 Å². The summed E-state index contributed by atoms with van der Waals surface area (Å²) < 4.78 is 23.0. The highest BCUT2D eigenvalue weighted by Gasteiger charge is 2.30. The Kier molecular flexibility index (Phi) is 4.28. The molecule has 19 heavy (non-hydrogen) atoms. The van der Waals surface area contributed by atoms with E-state index in [1.54, 1.807) is 0 Å². The van der Waals surface area contributed by atoms with E-state index < -0.39 is 9.84 Å². The van der Waals surface area contributed by atoms with E-state index in [0.717, 1.165) is 18.4 Å². The van der Waals surface area contributed by atoms with Gasteiger partial charge in [-0.25, -0.2) is 8.42 Å². The summed E-state index contributed by atoms with van der Waals surface area (Å²) in [7, 11) is -2.82. The average molecular weight is 282 g/mol. The zero-order valence-corrected chi connectivity index (χ0v) is 12.3. The van der Waals surface area contributed by atoms with Crippen LogP contribution >= 0.6 is 0 Å². The van der Waals surface area contributed by atoms with Crippen LogP contribution in [0.15, 0.2) is 18.2 Å². The second-order valence-corrected chi connectivity index (χ2v) is 7.81. The molecule has 0 radical (unpaired) electrons. The molecule has 5 heteroatoms. The third kappa shape index (κ3) is 3.55. The van der Waals surface area contributed by atoms with Crippen molar-refractivity contribution in [3.05, 3.63) is 34.9 Å². The third-order valence-corrected chi connectivity index (χ3v) is 5.73. The average Bonchev–Trinajstić information content (AvgIpc) is 2.66. The van der Waals surface area contributed by atoms with Gasteiger partial charge < -0.3 is 0 Å². The van der Waals surface area contributed by atoms with Crippen molar-refractivity contribution < 1.29 is 8.42 Å².